The van der Waals surface area contributed by atoms with Crippen LogP contribution in [0.3, 0.4) is 0 Å². The second-order valence-corrected chi connectivity index (χ2v) is 5.74. The molecule has 3 atom stereocenters. The van der Waals surface area contributed by atoms with Crippen LogP contribution in [0.5, 0.6) is 0 Å². The molecule has 122 valence electrons. The molecule has 4 heteroatoms. The number of aliphatic hydroxyl groups is 2. The van der Waals surface area contributed by atoms with Crippen LogP contribution in [0.4, 0.5) is 0 Å². The van der Waals surface area contributed by atoms with E-state index < -0.39 is 11.9 Å². The van der Waals surface area contributed by atoms with E-state index in [2.05, 4.69) is 0 Å². The minimum atomic E-state index is -1.25. The molecular formula is C19H22O4. The van der Waals surface area contributed by atoms with Crippen molar-refractivity contribution in [3.63, 3.8) is 0 Å². The van der Waals surface area contributed by atoms with Crippen molar-refractivity contribution in [2.75, 3.05) is 13.2 Å². The minimum absolute atomic E-state index is 0.0525. The predicted molar refractivity (Wildman–Crippen MR) is 86.7 cm³/mol. The molecule has 1 fully saturated rings. The first-order valence-corrected chi connectivity index (χ1v) is 7.97. The van der Waals surface area contributed by atoms with Gasteiger partial charge < -0.3 is 19.7 Å². The minimum Gasteiger partial charge on any atom is -0.396 e. The van der Waals surface area contributed by atoms with E-state index in [9.17, 15) is 10.2 Å². The summed E-state index contributed by atoms with van der Waals surface area (Å²) in [6.07, 6.45) is 0.135. The number of aliphatic hydroxyl groups excluding tert-OH is 2. The maximum Gasteiger partial charge on any atom is 0.226 e. The highest BCUT2D eigenvalue weighted by atomic mass is 16.7. The van der Waals surface area contributed by atoms with Gasteiger partial charge in [-0.05, 0) is 18.4 Å². The maximum atomic E-state index is 11.0. The normalized spacial score (nSPS) is 25.9. The molecular weight excluding hydrogens is 292 g/mol. The van der Waals surface area contributed by atoms with Crippen molar-refractivity contribution < 1.29 is 19.7 Å². The molecule has 2 aromatic rings. The van der Waals surface area contributed by atoms with Crippen LogP contribution in [0.2, 0.25) is 0 Å². The molecule has 3 rings (SSSR count). The maximum absolute atomic E-state index is 11.0. The Labute approximate surface area is 136 Å². The predicted octanol–water partition coefficient (Wildman–Crippen LogP) is 2.76. The molecule has 0 spiro atoms. The summed E-state index contributed by atoms with van der Waals surface area (Å²) < 4.78 is 12.2. The topological polar surface area (TPSA) is 58.9 Å². The Morgan fingerprint density at radius 1 is 1.04 bits per heavy atom. The van der Waals surface area contributed by atoms with Crippen molar-refractivity contribution in [2.45, 2.75) is 30.8 Å². The summed E-state index contributed by atoms with van der Waals surface area (Å²) in [6, 6.07) is 18.9. The lowest BCUT2D eigenvalue weighted by Gasteiger charge is -2.44. The van der Waals surface area contributed by atoms with Gasteiger partial charge in [-0.1, -0.05) is 60.7 Å². The van der Waals surface area contributed by atoms with Gasteiger partial charge in [-0.2, -0.15) is 0 Å². The zero-order valence-corrected chi connectivity index (χ0v) is 13.0. The van der Waals surface area contributed by atoms with Gasteiger partial charge in [0.05, 0.1) is 12.7 Å². The summed E-state index contributed by atoms with van der Waals surface area (Å²) in [6.45, 7) is 0.528. The molecule has 1 heterocycles. The van der Waals surface area contributed by atoms with E-state index in [1.165, 1.54) is 0 Å². The van der Waals surface area contributed by atoms with Crippen molar-refractivity contribution in [2.24, 2.45) is 0 Å². The largest absolute Gasteiger partial charge is 0.396 e. The Kier molecular flexibility index (Phi) is 5.08. The lowest BCUT2D eigenvalue weighted by molar-refractivity contribution is -0.343. The van der Waals surface area contributed by atoms with Crippen molar-refractivity contribution in [3.05, 3.63) is 71.8 Å². The third-order valence-corrected chi connectivity index (χ3v) is 4.20. The van der Waals surface area contributed by atoms with Crippen molar-refractivity contribution >= 4 is 0 Å². The fourth-order valence-corrected chi connectivity index (χ4v) is 3.01. The molecule has 1 saturated heterocycles. The van der Waals surface area contributed by atoms with E-state index in [-0.39, 0.29) is 12.7 Å². The highest BCUT2D eigenvalue weighted by Gasteiger charge is 2.47. The van der Waals surface area contributed by atoms with Gasteiger partial charge in [-0.3, -0.25) is 0 Å². The molecule has 2 aromatic carbocycles. The zero-order chi connectivity index (χ0) is 16.1. The Hall–Kier alpha value is -1.72. The summed E-state index contributed by atoms with van der Waals surface area (Å²) >= 11 is 0. The van der Waals surface area contributed by atoms with E-state index in [1.807, 2.05) is 60.7 Å². The summed E-state index contributed by atoms with van der Waals surface area (Å²) in [7, 11) is 0. The number of hydrogen-bond acceptors (Lipinski definition) is 4. The van der Waals surface area contributed by atoms with E-state index in [0.29, 0.717) is 19.4 Å². The lowest BCUT2D eigenvalue weighted by atomic mass is 9.92. The van der Waals surface area contributed by atoms with Gasteiger partial charge in [0.15, 0.2) is 0 Å². The van der Waals surface area contributed by atoms with Crippen LogP contribution < -0.4 is 0 Å². The quantitative estimate of drug-likeness (QED) is 0.891. The third kappa shape index (κ3) is 3.31. The fourth-order valence-electron chi connectivity index (χ4n) is 3.01. The van der Waals surface area contributed by atoms with Crippen LogP contribution in [-0.4, -0.2) is 29.5 Å². The molecule has 2 N–H and O–H groups in total. The van der Waals surface area contributed by atoms with Gasteiger partial charge in [-0.25, -0.2) is 0 Å². The second-order valence-electron chi connectivity index (χ2n) is 5.74. The summed E-state index contributed by atoms with van der Waals surface area (Å²) in [4.78, 5) is 0. The molecule has 0 aliphatic carbocycles. The van der Waals surface area contributed by atoms with Crippen molar-refractivity contribution in [3.8, 4) is 0 Å². The molecule has 1 aliphatic rings. The van der Waals surface area contributed by atoms with Crippen LogP contribution >= 0.6 is 0 Å². The first-order valence-electron chi connectivity index (χ1n) is 7.97. The number of ether oxygens (including phenoxy) is 2. The monoisotopic (exact) mass is 314 g/mol. The average Bonchev–Trinajstić information content (AvgIpc) is 2.63. The molecule has 0 bridgehead atoms. The Morgan fingerprint density at radius 2 is 1.70 bits per heavy atom. The van der Waals surface area contributed by atoms with Crippen molar-refractivity contribution in [1.82, 2.24) is 0 Å². The fraction of sp³-hybridized carbons (Fsp3) is 0.368. The summed E-state index contributed by atoms with van der Waals surface area (Å²) in [5.41, 5.74) is 1.51. The molecule has 0 radical (unpaired) electrons. The van der Waals surface area contributed by atoms with E-state index >= 15 is 0 Å². The highest BCUT2D eigenvalue weighted by Crippen LogP contribution is 2.43. The van der Waals surface area contributed by atoms with Gasteiger partial charge >= 0.3 is 0 Å². The Morgan fingerprint density at radius 3 is 2.35 bits per heavy atom. The van der Waals surface area contributed by atoms with Crippen LogP contribution in [0, 0.1) is 0 Å². The van der Waals surface area contributed by atoms with Gasteiger partial charge in [0.2, 0.25) is 5.79 Å². The van der Waals surface area contributed by atoms with Gasteiger partial charge in [-0.15, -0.1) is 0 Å². The lowest BCUT2D eigenvalue weighted by Crippen LogP contribution is -2.47. The third-order valence-electron chi connectivity index (χ3n) is 4.20. The van der Waals surface area contributed by atoms with Gasteiger partial charge in [0.25, 0.3) is 0 Å². The molecule has 4 nitrogen and oxygen atoms in total. The first-order chi connectivity index (χ1) is 11.3. The molecule has 0 aromatic heterocycles. The highest BCUT2D eigenvalue weighted by molar-refractivity contribution is 5.28. The second kappa shape index (κ2) is 7.23. The van der Waals surface area contributed by atoms with Gasteiger partial charge in [0.1, 0.15) is 6.10 Å². The van der Waals surface area contributed by atoms with E-state index in [0.717, 1.165) is 11.1 Å². The zero-order valence-electron chi connectivity index (χ0n) is 13.0. The molecule has 1 aliphatic heterocycles. The summed E-state index contributed by atoms with van der Waals surface area (Å²) in [5.74, 6) is -1.25. The Bertz CT molecular complexity index is 599. The van der Waals surface area contributed by atoms with Crippen molar-refractivity contribution in [1.29, 1.82) is 0 Å². The molecule has 0 amide bonds. The van der Waals surface area contributed by atoms with Crippen LogP contribution in [-0.2, 0) is 15.3 Å². The van der Waals surface area contributed by atoms with E-state index in [4.69, 9.17) is 9.47 Å². The van der Waals surface area contributed by atoms with Crippen LogP contribution in [0.25, 0.3) is 0 Å². The number of hydrogen-bond donors (Lipinski definition) is 2. The van der Waals surface area contributed by atoms with Crippen LogP contribution in [0.1, 0.15) is 30.1 Å². The van der Waals surface area contributed by atoms with Crippen LogP contribution in [0.15, 0.2) is 60.7 Å². The average molecular weight is 314 g/mol. The van der Waals surface area contributed by atoms with E-state index in [1.54, 1.807) is 0 Å². The van der Waals surface area contributed by atoms with Gasteiger partial charge in [0, 0.05) is 12.2 Å². The molecule has 3 unspecified atom stereocenters. The number of rotatable bonds is 5. The smallest absolute Gasteiger partial charge is 0.226 e. The summed E-state index contributed by atoms with van der Waals surface area (Å²) in [5, 5.41) is 20.3. The SMILES string of the molecule is OCCC1CCOC(c2ccccc2)(C(O)c2ccccc2)O1. The standard InChI is InChI=1S/C19H22O4/c20-13-11-17-12-14-22-19(23-17,16-9-5-2-6-10-16)18(21)15-7-3-1-4-8-15/h1-10,17-18,20-21H,11-14H2. The number of benzene rings is 2. The first kappa shape index (κ1) is 16.1. The molecule has 0 saturated carbocycles. The Balaban J connectivity index is 2.00. The molecule has 23 heavy (non-hydrogen) atoms.